The SMILES string of the molecule is O=C(NCc1cccc(Br)c1)C1CCCC1. The topological polar surface area (TPSA) is 29.1 Å². The minimum absolute atomic E-state index is 0.220. The van der Waals surface area contributed by atoms with Crippen LogP contribution in [0.25, 0.3) is 0 Å². The molecule has 1 fully saturated rings. The summed E-state index contributed by atoms with van der Waals surface area (Å²) in [7, 11) is 0. The van der Waals surface area contributed by atoms with Crippen molar-refractivity contribution in [2.75, 3.05) is 0 Å². The lowest BCUT2D eigenvalue weighted by molar-refractivity contribution is -0.124. The summed E-state index contributed by atoms with van der Waals surface area (Å²) < 4.78 is 1.06. The van der Waals surface area contributed by atoms with Crippen LogP contribution in [-0.2, 0) is 11.3 Å². The first-order valence-corrected chi connectivity index (χ1v) is 6.57. The van der Waals surface area contributed by atoms with E-state index in [1.54, 1.807) is 0 Å². The van der Waals surface area contributed by atoms with E-state index >= 15 is 0 Å². The summed E-state index contributed by atoms with van der Waals surface area (Å²) >= 11 is 3.42. The zero-order chi connectivity index (χ0) is 11.4. The van der Waals surface area contributed by atoms with Crippen LogP contribution in [0.3, 0.4) is 0 Å². The molecule has 0 bridgehead atoms. The number of halogens is 1. The molecule has 86 valence electrons. The van der Waals surface area contributed by atoms with Crippen molar-refractivity contribution in [3.63, 3.8) is 0 Å². The summed E-state index contributed by atoms with van der Waals surface area (Å²) in [4.78, 5) is 11.8. The Kier molecular flexibility index (Phi) is 3.99. The third-order valence-corrected chi connectivity index (χ3v) is 3.57. The molecule has 2 nitrogen and oxygen atoms in total. The predicted octanol–water partition coefficient (Wildman–Crippen LogP) is 3.26. The number of carbonyl (C=O) groups is 1. The van der Waals surface area contributed by atoms with Gasteiger partial charge in [-0.05, 0) is 30.5 Å². The molecule has 1 aromatic carbocycles. The lowest BCUT2D eigenvalue weighted by atomic mass is 10.1. The van der Waals surface area contributed by atoms with Crippen molar-refractivity contribution in [3.05, 3.63) is 34.3 Å². The van der Waals surface area contributed by atoms with Crippen molar-refractivity contribution in [1.82, 2.24) is 5.32 Å². The second-order valence-electron chi connectivity index (χ2n) is 4.33. The Morgan fingerprint density at radius 2 is 2.12 bits per heavy atom. The fourth-order valence-electron chi connectivity index (χ4n) is 2.17. The average Bonchev–Trinajstić information content (AvgIpc) is 2.79. The van der Waals surface area contributed by atoms with Crippen LogP contribution < -0.4 is 5.32 Å². The first-order chi connectivity index (χ1) is 7.75. The van der Waals surface area contributed by atoms with Crippen LogP contribution in [0.5, 0.6) is 0 Å². The van der Waals surface area contributed by atoms with Crippen molar-refractivity contribution < 1.29 is 4.79 Å². The Labute approximate surface area is 105 Å². The molecule has 0 aromatic heterocycles. The monoisotopic (exact) mass is 281 g/mol. The fraction of sp³-hybridized carbons (Fsp3) is 0.462. The molecule has 0 atom stereocenters. The zero-order valence-electron chi connectivity index (χ0n) is 9.21. The molecule has 1 aliphatic rings. The fourth-order valence-corrected chi connectivity index (χ4v) is 2.62. The van der Waals surface area contributed by atoms with Gasteiger partial charge in [0, 0.05) is 16.9 Å². The zero-order valence-corrected chi connectivity index (χ0v) is 10.8. The van der Waals surface area contributed by atoms with Gasteiger partial charge < -0.3 is 5.32 Å². The van der Waals surface area contributed by atoms with Crippen LogP contribution >= 0.6 is 15.9 Å². The van der Waals surface area contributed by atoms with E-state index in [1.807, 2.05) is 24.3 Å². The summed E-state index contributed by atoms with van der Waals surface area (Å²) in [5.41, 5.74) is 1.14. The molecule has 1 amide bonds. The number of benzene rings is 1. The van der Waals surface area contributed by atoms with Gasteiger partial charge in [-0.2, -0.15) is 0 Å². The third kappa shape index (κ3) is 3.08. The normalized spacial score (nSPS) is 16.3. The van der Waals surface area contributed by atoms with E-state index in [0.29, 0.717) is 6.54 Å². The maximum atomic E-state index is 11.8. The number of hydrogen-bond acceptors (Lipinski definition) is 1. The maximum Gasteiger partial charge on any atom is 0.223 e. The highest BCUT2D eigenvalue weighted by molar-refractivity contribution is 9.10. The minimum atomic E-state index is 0.220. The van der Waals surface area contributed by atoms with Gasteiger partial charge in [-0.15, -0.1) is 0 Å². The van der Waals surface area contributed by atoms with Crippen molar-refractivity contribution >= 4 is 21.8 Å². The first kappa shape index (κ1) is 11.6. The highest BCUT2D eigenvalue weighted by Gasteiger charge is 2.21. The molecule has 0 saturated heterocycles. The maximum absolute atomic E-state index is 11.8. The Morgan fingerprint density at radius 3 is 2.81 bits per heavy atom. The van der Waals surface area contributed by atoms with Gasteiger partial charge >= 0.3 is 0 Å². The van der Waals surface area contributed by atoms with Crippen molar-refractivity contribution in [1.29, 1.82) is 0 Å². The molecule has 0 heterocycles. The molecule has 1 saturated carbocycles. The largest absolute Gasteiger partial charge is 0.352 e. The first-order valence-electron chi connectivity index (χ1n) is 5.78. The Bertz CT molecular complexity index is 372. The van der Waals surface area contributed by atoms with Gasteiger partial charge in [0.05, 0.1) is 0 Å². The van der Waals surface area contributed by atoms with Crippen molar-refractivity contribution in [3.8, 4) is 0 Å². The number of nitrogens with one attached hydrogen (secondary N) is 1. The number of rotatable bonds is 3. The van der Waals surface area contributed by atoms with Gasteiger partial charge in [0.15, 0.2) is 0 Å². The standard InChI is InChI=1S/C13H16BrNO/c14-12-7-3-4-10(8-12)9-15-13(16)11-5-1-2-6-11/h3-4,7-8,11H,1-2,5-6,9H2,(H,15,16). The summed E-state index contributed by atoms with van der Waals surface area (Å²) in [5.74, 6) is 0.477. The van der Waals surface area contributed by atoms with Gasteiger partial charge in [-0.25, -0.2) is 0 Å². The molecule has 3 heteroatoms. The van der Waals surface area contributed by atoms with Crippen LogP contribution in [0.4, 0.5) is 0 Å². The quantitative estimate of drug-likeness (QED) is 0.905. The van der Waals surface area contributed by atoms with Gasteiger partial charge in [0.2, 0.25) is 5.91 Å². The number of hydrogen-bond donors (Lipinski definition) is 1. The van der Waals surface area contributed by atoms with E-state index < -0.39 is 0 Å². The molecular formula is C13H16BrNO. The summed E-state index contributed by atoms with van der Waals surface area (Å²) in [6.07, 6.45) is 4.53. The molecule has 0 unspecified atom stereocenters. The lowest BCUT2D eigenvalue weighted by Crippen LogP contribution is -2.28. The highest BCUT2D eigenvalue weighted by atomic mass is 79.9. The molecule has 1 aliphatic carbocycles. The third-order valence-electron chi connectivity index (χ3n) is 3.08. The lowest BCUT2D eigenvalue weighted by Gasteiger charge is -2.10. The molecular weight excluding hydrogens is 266 g/mol. The van der Waals surface area contributed by atoms with E-state index in [1.165, 1.54) is 12.8 Å². The summed E-state index contributed by atoms with van der Waals surface area (Å²) in [6.45, 7) is 0.634. The average molecular weight is 282 g/mol. The van der Waals surface area contributed by atoms with E-state index in [2.05, 4.69) is 21.2 Å². The minimum Gasteiger partial charge on any atom is -0.352 e. The van der Waals surface area contributed by atoms with Gasteiger partial charge in [0.25, 0.3) is 0 Å². The van der Waals surface area contributed by atoms with E-state index in [0.717, 1.165) is 22.9 Å². The molecule has 1 aromatic rings. The predicted molar refractivity (Wildman–Crippen MR) is 67.9 cm³/mol. The van der Waals surface area contributed by atoms with Crippen LogP contribution in [0, 0.1) is 5.92 Å². The second-order valence-corrected chi connectivity index (χ2v) is 5.24. The van der Waals surface area contributed by atoms with Crippen molar-refractivity contribution in [2.24, 2.45) is 5.92 Å². The molecule has 2 rings (SSSR count). The van der Waals surface area contributed by atoms with Gasteiger partial charge in [-0.3, -0.25) is 4.79 Å². The van der Waals surface area contributed by atoms with Crippen LogP contribution in [-0.4, -0.2) is 5.91 Å². The van der Waals surface area contributed by atoms with Crippen LogP contribution in [0.15, 0.2) is 28.7 Å². The van der Waals surface area contributed by atoms with E-state index in [-0.39, 0.29) is 11.8 Å². The Balaban J connectivity index is 1.84. The van der Waals surface area contributed by atoms with E-state index in [4.69, 9.17) is 0 Å². The van der Waals surface area contributed by atoms with Gasteiger partial charge in [0.1, 0.15) is 0 Å². The van der Waals surface area contributed by atoms with Crippen LogP contribution in [0.2, 0.25) is 0 Å². The summed E-state index contributed by atoms with van der Waals surface area (Å²) in [6, 6.07) is 8.04. The smallest absolute Gasteiger partial charge is 0.223 e. The number of carbonyl (C=O) groups excluding carboxylic acids is 1. The molecule has 16 heavy (non-hydrogen) atoms. The molecule has 0 aliphatic heterocycles. The second kappa shape index (κ2) is 5.48. The van der Waals surface area contributed by atoms with Crippen LogP contribution in [0.1, 0.15) is 31.2 Å². The Hall–Kier alpha value is -0.830. The molecule has 1 N–H and O–H groups in total. The highest BCUT2D eigenvalue weighted by Crippen LogP contribution is 2.24. The van der Waals surface area contributed by atoms with Gasteiger partial charge in [-0.1, -0.05) is 40.9 Å². The van der Waals surface area contributed by atoms with E-state index in [9.17, 15) is 4.79 Å². The molecule has 0 spiro atoms. The Morgan fingerprint density at radius 1 is 1.38 bits per heavy atom. The number of amides is 1. The molecule has 0 radical (unpaired) electrons. The summed E-state index contributed by atoms with van der Waals surface area (Å²) in [5, 5.41) is 3.01. The van der Waals surface area contributed by atoms with Crippen molar-refractivity contribution in [2.45, 2.75) is 32.2 Å².